The van der Waals surface area contributed by atoms with Crippen LogP contribution < -0.4 is 0 Å². The SMILES string of the molecule is CCCCCCCCCCCCc1ccc(C(O)(C(F)(F)F)C(F)(F)F)cc1. The molecule has 0 heterocycles. The summed E-state index contributed by atoms with van der Waals surface area (Å²) in [4.78, 5) is 0. The highest BCUT2D eigenvalue weighted by Gasteiger charge is 2.71. The first-order valence-corrected chi connectivity index (χ1v) is 9.99. The quantitative estimate of drug-likeness (QED) is 0.279. The number of rotatable bonds is 12. The molecular formula is C21H30F6O. The van der Waals surface area contributed by atoms with Crippen molar-refractivity contribution in [3.8, 4) is 0 Å². The molecule has 0 spiro atoms. The van der Waals surface area contributed by atoms with Crippen LogP contribution in [0.3, 0.4) is 0 Å². The average molecular weight is 412 g/mol. The third-order valence-corrected chi connectivity index (χ3v) is 5.01. The minimum absolute atomic E-state index is 0.591. The van der Waals surface area contributed by atoms with E-state index in [0.717, 1.165) is 25.7 Å². The topological polar surface area (TPSA) is 20.2 Å². The van der Waals surface area contributed by atoms with E-state index in [9.17, 15) is 31.4 Å². The van der Waals surface area contributed by atoms with E-state index in [1.165, 1.54) is 50.7 Å². The van der Waals surface area contributed by atoms with Crippen molar-refractivity contribution in [2.75, 3.05) is 0 Å². The van der Waals surface area contributed by atoms with Crippen LogP contribution in [0, 0.1) is 0 Å². The van der Waals surface area contributed by atoms with E-state index in [2.05, 4.69) is 6.92 Å². The zero-order valence-electron chi connectivity index (χ0n) is 16.3. The van der Waals surface area contributed by atoms with Crippen LogP contribution in [0.25, 0.3) is 0 Å². The van der Waals surface area contributed by atoms with E-state index < -0.39 is 23.5 Å². The third-order valence-electron chi connectivity index (χ3n) is 5.01. The van der Waals surface area contributed by atoms with Gasteiger partial charge in [-0.25, -0.2) is 0 Å². The zero-order chi connectivity index (χ0) is 21.3. The Hall–Kier alpha value is -1.24. The Morgan fingerprint density at radius 2 is 1.04 bits per heavy atom. The van der Waals surface area contributed by atoms with Crippen LogP contribution in [-0.2, 0) is 12.0 Å². The van der Waals surface area contributed by atoms with Gasteiger partial charge in [0.05, 0.1) is 0 Å². The summed E-state index contributed by atoms with van der Waals surface area (Å²) in [6, 6.07) is 3.89. The second-order valence-electron chi connectivity index (χ2n) is 7.33. The highest BCUT2D eigenvalue weighted by atomic mass is 19.4. The molecule has 0 radical (unpaired) electrons. The molecule has 0 aliphatic carbocycles. The smallest absolute Gasteiger partial charge is 0.369 e. The Morgan fingerprint density at radius 1 is 0.643 bits per heavy atom. The molecule has 1 N–H and O–H groups in total. The van der Waals surface area contributed by atoms with E-state index in [1.54, 1.807) is 0 Å². The number of aliphatic hydroxyl groups is 1. The summed E-state index contributed by atoms with van der Waals surface area (Å²) in [5.74, 6) is 0. The van der Waals surface area contributed by atoms with Gasteiger partial charge in [0.15, 0.2) is 0 Å². The lowest BCUT2D eigenvalue weighted by Gasteiger charge is -2.32. The average Bonchev–Trinajstić information content (AvgIpc) is 2.61. The Bertz CT molecular complexity index is 533. The number of benzene rings is 1. The first-order valence-electron chi connectivity index (χ1n) is 9.99. The van der Waals surface area contributed by atoms with Crippen molar-refractivity contribution >= 4 is 0 Å². The van der Waals surface area contributed by atoms with E-state index in [0.29, 0.717) is 24.1 Å². The molecule has 0 atom stereocenters. The molecule has 1 nitrogen and oxygen atoms in total. The van der Waals surface area contributed by atoms with Crippen LogP contribution in [0.1, 0.15) is 82.3 Å². The van der Waals surface area contributed by atoms with Gasteiger partial charge in [0, 0.05) is 5.56 Å². The van der Waals surface area contributed by atoms with Gasteiger partial charge in [0.25, 0.3) is 5.60 Å². The van der Waals surface area contributed by atoms with Gasteiger partial charge in [-0.2, -0.15) is 26.3 Å². The highest BCUT2D eigenvalue weighted by molar-refractivity contribution is 5.30. The van der Waals surface area contributed by atoms with Gasteiger partial charge in [-0.1, -0.05) is 89.0 Å². The summed E-state index contributed by atoms with van der Waals surface area (Å²) in [6.07, 6.45) is 0.433. The first-order chi connectivity index (χ1) is 13.0. The van der Waals surface area contributed by atoms with Crippen molar-refractivity contribution in [3.63, 3.8) is 0 Å². The molecule has 162 valence electrons. The first kappa shape index (κ1) is 24.8. The maximum atomic E-state index is 12.9. The predicted octanol–water partition coefficient (Wildman–Crippen LogP) is 7.46. The predicted molar refractivity (Wildman–Crippen MR) is 98.0 cm³/mol. The second kappa shape index (κ2) is 11.1. The van der Waals surface area contributed by atoms with Crippen LogP contribution in [-0.4, -0.2) is 17.5 Å². The van der Waals surface area contributed by atoms with E-state index in [1.807, 2.05) is 0 Å². The Morgan fingerprint density at radius 3 is 1.43 bits per heavy atom. The molecule has 0 unspecified atom stereocenters. The fraction of sp³-hybridized carbons (Fsp3) is 0.714. The van der Waals surface area contributed by atoms with Gasteiger partial charge in [-0.05, 0) is 18.4 Å². The van der Waals surface area contributed by atoms with Crippen molar-refractivity contribution in [2.24, 2.45) is 0 Å². The molecule has 1 aromatic carbocycles. The lowest BCUT2D eigenvalue weighted by atomic mass is 9.91. The molecule has 1 aromatic rings. The molecule has 0 saturated heterocycles. The maximum absolute atomic E-state index is 12.9. The van der Waals surface area contributed by atoms with Crippen molar-refractivity contribution in [2.45, 2.75) is 95.5 Å². The van der Waals surface area contributed by atoms with Gasteiger partial charge in [0.1, 0.15) is 0 Å². The summed E-state index contributed by atoms with van der Waals surface area (Å²) >= 11 is 0. The molecule has 1 rings (SSSR count). The fourth-order valence-electron chi connectivity index (χ4n) is 3.22. The van der Waals surface area contributed by atoms with E-state index in [4.69, 9.17) is 0 Å². The fourth-order valence-corrected chi connectivity index (χ4v) is 3.22. The van der Waals surface area contributed by atoms with E-state index in [-0.39, 0.29) is 0 Å². The van der Waals surface area contributed by atoms with Gasteiger partial charge in [-0.3, -0.25) is 0 Å². The van der Waals surface area contributed by atoms with Crippen LogP contribution in [0.4, 0.5) is 26.3 Å². The molecule has 0 amide bonds. The lowest BCUT2D eigenvalue weighted by molar-refractivity contribution is -0.376. The lowest BCUT2D eigenvalue weighted by Crippen LogP contribution is -2.53. The third kappa shape index (κ3) is 6.98. The van der Waals surface area contributed by atoms with Crippen LogP contribution in [0.5, 0.6) is 0 Å². The van der Waals surface area contributed by atoms with Gasteiger partial charge < -0.3 is 5.11 Å². The van der Waals surface area contributed by atoms with E-state index >= 15 is 0 Å². The normalized spacial score (nSPS) is 13.1. The standard InChI is InChI=1S/C21H30F6O/c1-2-3-4-5-6-7-8-9-10-11-12-17-13-15-18(16-14-17)19(28,20(22,23)24)21(25,26)27/h13-16,28H,2-12H2,1H3. The summed E-state index contributed by atoms with van der Waals surface area (Å²) in [5.41, 5.74) is -5.40. The molecule has 0 saturated carbocycles. The number of hydrogen-bond donors (Lipinski definition) is 1. The Kier molecular flexibility index (Phi) is 9.81. The molecule has 0 bridgehead atoms. The number of unbranched alkanes of at least 4 members (excludes halogenated alkanes) is 9. The minimum atomic E-state index is -5.84. The molecule has 28 heavy (non-hydrogen) atoms. The molecule has 0 aliphatic rings. The second-order valence-corrected chi connectivity index (χ2v) is 7.33. The van der Waals surface area contributed by atoms with Crippen LogP contribution >= 0.6 is 0 Å². The summed E-state index contributed by atoms with van der Waals surface area (Å²) in [7, 11) is 0. The summed E-state index contributed by atoms with van der Waals surface area (Å²) in [6.45, 7) is 2.18. The van der Waals surface area contributed by atoms with Crippen molar-refractivity contribution in [3.05, 3.63) is 35.4 Å². The largest absolute Gasteiger partial charge is 0.430 e. The number of halogens is 6. The van der Waals surface area contributed by atoms with Crippen LogP contribution in [0.15, 0.2) is 24.3 Å². The van der Waals surface area contributed by atoms with Gasteiger partial charge in [-0.15, -0.1) is 0 Å². The van der Waals surface area contributed by atoms with Gasteiger partial charge in [0.2, 0.25) is 0 Å². The monoisotopic (exact) mass is 412 g/mol. The molecule has 0 aromatic heterocycles. The summed E-state index contributed by atoms with van der Waals surface area (Å²) < 4.78 is 77.1. The Balaban J connectivity index is 2.43. The molecule has 0 fully saturated rings. The number of alkyl halides is 6. The van der Waals surface area contributed by atoms with Crippen molar-refractivity contribution < 1.29 is 31.4 Å². The zero-order valence-corrected chi connectivity index (χ0v) is 16.3. The molecule has 7 heteroatoms. The molecule has 0 aliphatic heterocycles. The van der Waals surface area contributed by atoms with Crippen molar-refractivity contribution in [1.29, 1.82) is 0 Å². The number of hydrogen-bond acceptors (Lipinski definition) is 1. The number of aryl methyl sites for hydroxylation is 1. The van der Waals surface area contributed by atoms with Gasteiger partial charge >= 0.3 is 12.4 Å². The maximum Gasteiger partial charge on any atom is 0.430 e. The van der Waals surface area contributed by atoms with Crippen LogP contribution in [0.2, 0.25) is 0 Å². The minimum Gasteiger partial charge on any atom is -0.369 e. The van der Waals surface area contributed by atoms with Crippen molar-refractivity contribution in [1.82, 2.24) is 0 Å². The highest BCUT2D eigenvalue weighted by Crippen LogP contribution is 2.49. The summed E-state index contributed by atoms with van der Waals surface area (Å²) in [5, 5.41) is 9.36. The Labute approximate surface area is 163 Å². The molecular weight excluding hydrogens is 382 g/mol.